The number of nitrogens with one attached hydrogen (secondary N) is 1. The number of hydrogen-bond acceptors (Lipinski definition) is 7. The van der Waals surface area contributed by atoms with Crippen molar-refractivity contribution in [2.45, 2.75) is 19.9 Å². The molecule has 2 saturated heterocycles. The molecule has 2 aliphatic rings. The van der Waals surface area contributed by atoms with Crippen LogP contribution in [0, 0.1) is 13.8 Å². The first kappa shape index (κ1) is 20.2. The first-order valence-corrected chi connectivity index (χ1v) is 9.99. The van der Waals surface area contributed by atoms with E-state index in [1.807, 2.05) is 6.07 Å². The number of hydrogen-bond donors (Lipinski definition) is 2. The highest BCUT2D eigenvalue weighted by Crippen LogP contribution is 2.39. The van der Waals surface area contributed by atoms with Gasteiger partial charge >= 0.3 is 0 Å². The van der Waals surface area contributed by atoms with Gasteiger partial charge in [0.15, 0.2) is 0 Å². The Balaban J connectivity index is 1.74. The summed E-state index contributed by atoms with van der Waals surface area (Å²) in [5.41, 5.74) is 2.40. The third-order valence-corrected chi connectivity index (χ3v) is 5.67. The van der Waals surface area contributed by atoms with E-state index in [2.05, 4.69) is 20.1 Å². The Morgan fingerprint density at radius 2 is 2.03 bits per heavy atom. The third-order valence-electron chi connectivity index (χ3n) is 5.67. The van der Waals surface area contributed by atoms with Crippen molar-refractivity contribution in [2.75, 3.05) is 39.4 Å². The minimum absolute atomic E-state index is 0.0718. The first-order valence-electron chi connectivity index (χ1n) is 9.99. The minimum atomic E-state index is -0.701. The summed E-state index contributed by atoms with van der Waals surface area (Å²) in [6.07, 6.45) is 3.26. The molecule has 0 spiro atoms. The van der Waals surface area contributed by atoms with Gasteiger partial charge in [-0.25, -0.2) is 0 Å². The molecule has 2 aromatic rings. The molecule has 1 amide bonds. The van der Waals surface area contributed by atoms with Crippen molar-refractivity contribution in [3.63, 3.8) is 0 Å². The largest absolute Gasteiger partial charge is 0.507 e. The van der Waals surface area contributed by atoms with E-state index in [0.717, 1.165) is 13.1 Å². The molecule has 0 bridgehead atoms. The van der Waals surface area contributed by atoms with Crippen LogP contribution in [-0.2, 0) is 14.3 Å². The van der Waals surface area contributed by atoms with Crippen LogP contribution < -0.4 is 0 Å². The standard InChI is InChI=1S/C21H25N5O4/c1-13-16(14(2)24-23-13)19(27)17-18(15-4-3-5-22-12-15)26(21(29)20(17)28)7-6-25-8-10-30-11-9-25/h3-5,12,18,27H,6-11H2,1-2H3,(H,23,24)/t18-/m1/s1. The molecule has 0 radical (unpaired) electrons. The molecular weight excluding hydrogens is 386 g/mol. The molecule has 0 aliphatic carbocycles. The molecule has 30 heavy (non-hydrogen) atoms. The zero-order valence-corrected chi connectivity index (χ0v) is 17.1. The summed E-state index contributed by atoms with van der Waals surface area (Å²) < 4.78 is 5.38. The topological polar surface area (TPSA) is 112 Å². The number of carbonyl (C=O) groups excluding carboxylic acids is 2. The molecule has 2 aliphatic heterocycles. The highest BCUT2D eigenvalue weighted by Gasteiger charge is 2.46. The number of morpholine rings is 1. The van der Waals surface area contributed by atoms with Crippen LogP contribution in [0.2, 0.25) is 0 Å². The molecule has 2 aromatic heterocycles. The van der Waals surface area contributed by atoms with Crippen LogP contribution in [0.1, 0.15) is 28.6 Å². The van der Waals surface area contributed by atoms with E-state index in [1.165, 1.54) is 4.90 Å². The van der Waals surface area contributed by atoms with E-state index >= 15 is 0 Å². The van der Waals surface area contributed by atoms with Crippen LogP contribution in [0.4, 0.5) is 0 Å². The lowest BCUT2D eigenvalue weighted by atomic mass is 9.95. The van der Waals surface area contributed by atoms with Gasteiger partial charge in [-0.15, -0.1) is 0 Å². The molecule has 0 aromatic carbocycles. The number of amides is 1. The Hall–Kier alpha value is -3.04. The maximum atomic E-state index is 13.0. The van der Waals surface area contributed by atoms with Gasteiger partial charge in [0.2, 0.25) is 0 Å². The number of ketones is 1. The van der Waals surface area contributed by atoms with Gasteiger partial charge in [0.25, 0.3) is 11.7 Å². The number of likely N-dealkylation sites (tertiary alicyclic amines) is 1. The Labute approximate surface area is 174 Å². The number of aryl methyl sites for hydroxylation is 2. The number of aliphatic hydroxyl groups excluding tert-OH is 1. The maximum absolute atomic E-state index is 13.0. The predicted molar refractivity (Wildman–Crippen MR) is 109 cm³/mol. The zero-order chi connectivity index (χ0) is 21.3. The summed E-state index contributed by atoms with van der Waals surface area (Å²) in [6.45, 7) is 7.38. The second kappa shape index (κ2) is 8.37. The fourth-order valence-corrected chi connectivity index (χ4v) is 4.10. The summed E-state index contributed by atoms with van der Waals surface area (Å²) in [5, 5.41) is 18.0. The Morgan fingerprint density at radius 1 is 1.27 bits per heavy atom. The van der Waals surface area contributed by atoms with E-state index in [1.54, 1.807) is 32.3 Å². The summed E-state index contributed by atoms with van der Waals surface area (Å²) in [4.78, 5) is 33.9. The molecule has 2 N–H and O–H groups in total. The Bertz CT molecular complexity index is 959. The number of nitrogens with zero attached hydrogens (tertiary/aromatic N) is 4. The summed E-state index contributed by atoms with van der Waals surface area (Å²) in [7, 11) is 0. The highest BCUT2D eigenvalue weighted by atomic mass is 16.5. The second-order valence-electron chi connectivity index (χ2n) is 7.54. The molecule has 0 saturated carbocycles. The lowest BCUT2D eigenvalue weighted by Crippen LogP contribution is -2.42. The smallest absolute Gasteiger partial charge is 0.295 e. The van der Waals surface area contributed by atoms with E-state index in [-0.39, 0.29) is 11.3 Å². The van der Waals surface area contributed by atoms with Gasteiger partial charge in [-0.05, 0) is 25.5 Å². The number of ether oxygens (including phenoxy) is 1. The minimum Gasteiger partial charge on any atom is -0.507 e. The van der Waals surface area contributed by atoms with E-state index in [0.29, 0.717) is 48.8 Å². The number of H-pyrrole nitrogens is 1. The summed E-state index contributed by atoms with van der Waals surface area (Å²) in [5.74, 6) is -1.51. The van der Waals surface area contributed by atoms with E-state index in [4.69, 9.17) is 4.74 Å². The quantitative estimate of drug-likeness (QED) is 0.432. The first-order chi connectivity index (χ1) is 14.5. The van der Waals surface area contributed by atoms with E-state index in [9.17, 15) is 14.7 Å². The van der Waals surface area contributed by atoms with Crippen LogP contribution in [0.15, 0.2) is 30.1 Å². The fourth-order valence-electron chi connectivity index (χ4n) is 4.10. The van der Waals surface area contributed by atoms with Crippen molar-refractivity contribution in [3.05, 3.63) is 52.6 Å². The Morgan fingerprint density at radius 3 is 2.67 bits per heavy atom. The molecule has 0 unspecified atom stereocenters. The molecule has 158 valence electrons. The van der Waals surface area contributed by atoms with Gasteiger partial charge < -0.3 is 14.7 Å². The molecule has 4 heterocycles. The average Bonchev–Trinajstić information content (AvgIpc) is 3.23. The van der Waals surface area contributed by atoms with Crippen LogP contribution in [0.5, 0.6) is 0 Å². The van der Waals surface area contributed by atoms with Crippen molar-refractivity contribution in [1.82, 2.24) is 25.0 Å². The summed E-state index contributed by atoms with van der Waals surface area (Å²) in [6, 6.07) is 2.87. The number of aliphatic hydroxyl groups is 1. The van der Waals surface area contributed by atoms with Gasteiger partial charge in [0.1, 0.15) is 5.76 Å². The molecule has 1 atom stereocenters. The maximum Gasteiger partial charge on any atom is 0.295 e. The van der Waals surface area contributed by atoms with Gasteiger partial charge in [-0.2, -0.15) is 5.10 Å². The lowest BCUT2D eigenvalue weighted by Gasteiger charge is -2.30. The number of rotatable bonds is 5. The van der Waals surface area contributed by atoms with Crippen molar-refractivity contribution in [1.29, 1.82) is 0 Å². The predicted octanol–water partition coefficient (Wildman–Crippen LogP) is 1.18. The average molecular weight is 411 g/mol. The molecule has 4 rings (SSSR count). The van der Waals surface area contributed by atoms with Crippen LogP contribution in [0.25, 0.3) is 5.76 Å². The Kier molecular flexibility index (Phi) is 5.65. The number of aromatic amines is 1. The van der Waals surface area contributed by atoms with Crippen molar-refractivity contribution >= 4 is 17.4 Å². The normalized spacial score (nSPS) is 22.1. The number of pyridine rings is 1. The summed E-state index contributed by atoms with van der Waals surface area (Å²) >= 11 is 0. The lowest BCUT2D eigenvalue weighted by molar-refractivity contribution is -0.140. The van der Waals surface area contributed by atoms with Gasteiger partial charge in [0.05, 0.1) is 36.1 Å². The van der Waals surface area contributed by atoms with Gasteiger partial charge in [-0.1, -0.05) is 6.07 Å². The second-order valence-corrected chi connectivity index (χ2v) is 7.54. The molecule has 2 fully saturated rings. The monoisotopic (exact) mass is 411 g/mol. The van der Waals surface area contributed by atoms with Gasteiger partial charge in [0, 0.05) is 44.3 Å². The SMILES string of the molecule is Cc1n[nH]c(C)c1C(O)=C1C(=O)C(=O)N(CCN2CCOCC2)[C@@H]1c1cccnc1. The van der Waals surface area contributed by atoms with Crippen LogP contribution in [0.3, 0.4) is 0 Å². The molecular formula is C21H25N5O4. The van der Waals surface area contributed by atoms with Gasteiger partial charge in [-0.3, -0.25) is 24.6 Å². The molecule has 9 nitrogen and oxygen atoms in total. The third kappa shape index (κ3) is 3.61. The van der Waals surface area contributed by atoms with Crippen molar-refractivity contribution in [2.24, 2.45) is 0 Å². The zero-order valence-electron chi connectivity index (χ0n) is 17.1. The number of carbonyl (C=O) groups is 2. The van der Waals surface area contributed by atoms with Crippen LogP contribution in [-0.4, -0.2) is 81.2 Å². The van der Waals surface area contributed by atoms with Crippen molar-refractivity contribution in [3.8, 4) is 0 Å². The highest BCUT2D eigenvalue weighted by molar-refractivity contribution is 6.46. The number of Topliss-reactive ketones (excluding diaryl/α,β-unsaturated/α-hetero) is 1. The fraction of sp³-hybridized carbons (Fsp3) is 0.429. The number of aromatic nitrogens is 3. The van der Waals surface area contributed by atoms with Crippen LogP contribution >= 0.6 is 0 Å². The molecule has 9 heteroatoms. The van der Waals surface area contributed by atoms with Crippen molar-refractivity contribution < 1.29 is 19.4 Å². The van der Waals surface area contributed by atoms with E-state index < -0.39 is 17.7 Å².